The molecule has 5 heteroatoms. The molecule has 1 aliphatic heterocycles. The average Bonchev–Trinajstić information content (AvgIpc) is 2.45. The zero-order valence-corrected chi connectivity index (χ0v) is 10.9. The number of benzene rings is 1. The largest absolute Gasteiger partial charge is 0.489 e. The molecule has 2 N–H and O–H groups in total. The molecule has 0 fully saturated rings. The SMILES string of the molecule is Cc1c(N)c2c(c(C)c1Cl)N(C)C(=O)CCO2. The van der Waals surface area contributed by atoms with Crippen LogP contribution in [0.4, 0.5) is 11.4 Å². The van der Waals surface area contributed by atoms with Gasteiger partial charge in [-0.25, -0.2) is 0 Å². The van der Waals surface area contributed by atoms with Gasteiger partial charge in [-0.2, -0.15) is 0 Å². The van der Waals surface area contributed by atoms with Crippen molar-refractivity contribution in [3.8, 4) is 5.75 Å². The van der Waals surface area contributed by atoms with Gasteiger partial charge >= 0.3 is 0 Å². The third kappa shape index (κ3) is 1.72. The van der Waals surface area contributed by atoms with E-state index in [1.54, 1.807) is 11.9 Å². The van der Waals surface area contributed by atoms with Gasteiger partial charge in [0.05, 0.1) is 29.4 Å². The van der Waals surface area contributed by atoms with E-state index >= 15 is 0 Å². The van der Waals surface area contributed by atoms with Crippen LogP contribution in [0.15, 0.2) is 0 Å². The van der Waals surface area contributed by atoms with E-state index in [9.17, 15) is 4.79 Å². The molecule has 0 atom stereocenters. The lowest BCUT2D eigenvalue weighted by atomic mass is 10.1. The lowest BCUT2D eigenvalue weighted by molar-refractivity contribution is -0.118. The Morgan fingerprint density at radius 2 is 2.00 bits per heavy atom. The van der Waals surface area contributed by atoms with Gasteiger partial charge in [0.15, 0.2) is 5.75 Å². The summed E-state index contributed by atoms with van der Waals surface area (Å²) in [6, 6.07) is 0. The molecule has 1 amide bonds. The Kier molecular flexibility index (Phi) is 2.91. The summed E-state index contributed by atoms with van der Waals surface area (Å²) in [4.78, 5) is 13.4. The fourth-order valence-electron chi connectivity index (χ4n) is 2.05. The Balaban J connectivity index is 2.76. The highest BCUT2D eigenvalue weighted by molar-refractivity contribution is 6.33. The summed E-state index contributed by atoms with van der Waals surface area (Å²) < 4.78 is 5.59. The maximum absolute atomic E-state index is 11.8. The second-order valence-electron chi connectivity index (χ2n) is 4.21. The number of anilines is 2. The molecule has 0 unspecified atom stereocenters. The first-order valence-corrected chi connectivity index (χ1v) is 5.80. The van der Waals surface area contributed by atoms with E-state index in [-0.39, 0.29) is 5.91 Å². The summed E-state index contributed by atoms with van der Waals surface area (Å²) in [5.74, 6) is 0.573. The van der Waals surface area contributed by atoms with Crippen molar-refractivity contribution in [2.45, 2.75) is 20.3 Å². The van der Waals surface area contributed by atoms with Crippen LogP contribution in [-0.4, -0.2) is 19.6 Å². The fraction of sp³-hybridized carbons (Fsp3) is 0.417. The van der Waals surface area contributed by atoms with Crippen LogP contribution in [0.1, 0.15) is 17.5 Å². The molecule has 1 aromatic rings. The van der Waals surface area contributed by atoms with Crippen molar-refractivity contribution in [3.63, 3.8) is 0 Å². The number of hydrogen-bond acceptors (Lipinski definition) is 3. The Hall–Kier alpha value is -1.42. The van der Waals surface area contributed by atoms with Crippen LogP contribution in [0.3, 0.4) is 0 Å². The molecule has 1 aromatic carbocycles. The van der Waals surface area contributed by atoms with Crippen LogP contribution < -0.4 is 15.4 Å². The lowest BCUT2D eigenvalue weighted by Gasteiger charge is -2.22. The highest BCUT2D eigenvalue weighted by atomic mass is 35.5. The van der Waals surface area contributed by atoms with E-state index in [0.717, 1.165) is 11.1 Å². The molecule has 92 valence electrons. The fourth-order valence-corrected chi connectivity index (χ4v) is 2.25. The highest BCUT2D eigenvalue weighted by Gasteiger charge is 2.26. The minimum Gasteiger partial charge on any atom is -0.489 e. The van der Waals surface area contributed by atoms with Gasteiger partial charge in [0.25, 0.3) is 0 Å². The smallest absolute Gasteiger partial charge is 0.230 e. The molecular formula is C12H15ClN2O2. The Bertz CT molecular complexity index is 500. The van der Waals surface area contributed by atoms with Crippen molar-refractivity contribution in [1.29, 1.82) is 0 Å². The molecule has 2 rings (SSSR count). The third-order valence-electron chi connectivity index (χ3n) is 3.15. The number of rotatable bonds is 0. The third-order valence-corrected chi connectivity index (χ3v) is 3.72. The molecule has 0 saturated carbocycles. The van der Waals surface area contributed by atoms with E-state index in [1.165, 1.54) is 0 Å². The molecule has 0 spiro atoms. The number of amides is 1. The standard InChI is InChI=1S/C12H15ClN2O2/c1-6-9(13)7(2)11-12(10(6)14)17-5-4-8(16)15(11)3/h4-5,14H2,1-3H3. The van der Waals surface area contributed by atoms with E-state index in [2.05, 4.69) is 0 Å². The van der Waals surface area contributed by atoms with Gasteiger partial charge < -0.3 is 15.4 Å². The molecular weight excluding hydrogens is 240 g/mol. The van der Waals surface area contributed by atoms with Gasteiger partial charge in [0, 0.05) is 7.05 Å². The van der Waals surface area contributed by atoms with Crippen molar-refractivity contribution in [2.75, 3.05) is 24.3 Å². The summed E-state index contributed by atoms with van der Waals surface area (Å²) in [7, 11) is 1.72. The van der Waals surface area contributed by atoms with E-state index in [0.29, 0.717) is 35.2 Å². The summed E-state index contributed by atoms with van der Waals surface area (Å²) >= 11 is 6.21. The minimum absolute atomic E-state index is 0.00571. The zero-order valence-electron chi connectivity index (χ0n) is 10.1. The number of halogens is 1. The summed E-state index contributed by atoms with van der Waals surface area (Å²) in [6.07, 6.45) is 0.348. The van der Waals surface area contributed by atoms with Gasteiger partial charge in [0.1, 0.15) is 0 Å². The average molecular weight is 255 g/mol. The first-order valence-electron chi connectivity index (χ1n) is 5.42. The Morgan fingerprint density at radius 3 is 2.65 bits per heavy atom. The van der Waals surface area contributed by atoms with Crippen LogP contribution in [0, 0.1) is 13.8 Å². The summed E-state index contributed by atoms with van der Waals surface area (Å²) in [6.45, 7) is 4.06. The zero-order chi connectivity index (χ0) is 12.7. The summed E-state index contributed by atoms with van der Waals surface area (Å²) in [5, 5.41) is 0.589. The van der Waals surface area contributed by atoms with Gasteiger partial charge in [-0.1, -0.05) is 11.6 Å². The van der Waals surface area contributed by atoms with E-state index < -0.39 is 0 Å². The Labute approximate surface area is 105 Å². The van der Waals surface area contributed by atoms with Crippen molar-refractivity contribution in [3.05, 3.63) is 16.1 Å². The van der Waals surface area contributed by atoms with Crippen molar-refractivity contribution >= 4 is 28.9 Å². The van der Waals surface area contributed by atoms with Gasteiger partial charge in [-0.05, 0) is 25.0 Å². The molecule has 0 aliphatic carbocycles. The second kappa shape index (κ2) is 4.11. The Morgan fingerprint density at radius 1 is 1.35 bits per heavy atom. The topological polar surface area (TPSA) is 55.6 Å². The van der Waals surface area contributed by atoms with E-state index in [1.807, 2.05) is 13.8 Å². The number of nitrogen functional groups attached to an aromatic ring is 1. The molecule has 0 aromatic heterocycles. The number of ether oxygens (including phenoxy) is 1. The lowest BCUT2D eigenvalue weighted by Crippen LogP contribution is -2.26. The molecule has 0 saturated heterocycles. The predicted octanol–water partition coefficient (Wildman–Crippen LogP) is 2.28. The first-order chi connectivity index (χ1) is 7.95. The number of fused-ring (bicyclic) bond motifs is 1. The number of hydrogen-bond donors (Lipinski definition) is 1. The molecule has 17 heavy (non-hydrogen) atoms. The number of carbonyl (C=O) groups excluding carboxylic acids is 1. The quantitative estimate of drug-likeness (QED) is 0.723. The monoisotopic (exact) mass is 254 g/mol. The van der Waals surface area contributed by atoms with Crippen molar-refractivity contribution < 1.29 is 9.53 Å². The maximum atomic E-state index is 11.8. The second-order valence-corrected chi connectivity index (χ2v) is 4.58. The molecule has 1 heterocycles. The van der Waals surface area contributed by atoms with Crippen molar-refractivity contribution in [2.24, 2.45) is 0 Å². The normalized spacial score (nSPS) is 15.3. The van der Waals surface area contributed by atoms with Crippen LogP contribution in [0.25, 0.3) is 0 Å². The van der Waals surface area contributed by atoms with Gasteiger partial charge in [-0.3, -0.25) is 4.79 Å². The predicted molar refractivity (Wildman–Crippen MR) is 68.9 cm³/mol. The highest BCUT2D eigenvalue weighted by Crippen LogP contribution is 2.44. The number of nitrogens with two attached hydrogens (primary N) is 1. The van der Waals surface area contributed by atoms with Gasteiger partial charge in [-0.15, -0.1) is 0 Å². The molecule has 4 nitrogen and oxygen atoms in total. The number of carbonyl (C=O) groups is 1. The van der Waals surface area contributed by atoms with E-state index in [4.69, 9.17) is 22.1 Å². The minimum atomic E-state index is 0.00571. The van der Waals surface area contributed by atoms with Crippen molar-refractivity contribution in [1.82, 2.24) is 0 Å². The molecule has 0 bridgehead atoms. The molecule has 0 radical (unpaired) electrons. The number of nitrogens with zero attached hydrogens (tertiary/aromatic N) is 1. The van der Waals surface area contributed by atoms with Crippen LogP contribution in [0.2, 0.25) is 5.02 Å². The first kappa shape index (κ1) is 12.0. The van der Waals surface area contributed by atoms with Crippen LogP contribution >= 0.6 is 11.6 Å². The van der Waals surface area contributed by atoms with Crippen LogP contribution in [-0.2, 0) is 4.79 Å². The maximum Gasteiger partial charge on any atom is 0.230 e. The molecule has 1 aliphatic rings. The summed E-state index contributed by atoms with van der Waals surface area (Å²) in [5.41, 5.74) is 8.82. The van der Waals surface area contributed by atoms with Gasteiger partial charge in [0.2, 0.25) is 5.91 Å². The van der Waals surface area contributed by atoms with Crippen LogP contribution in [0.5, 0.6) is 5.75 Å².